The Hall–Kier alpha value is -2.48. The van der Waals surface area contributed by atoms with Gasteiger partial charge in [0.05, 0.1) is 23.9 Å². The largest absolute Gasteiger partial charge is 0.490 e. The van der Waals surface area contributed by atoms with Crippen LogP contribution >= 0.6 is 0 Å². The van der Waals surface area contributed by atoms with Gasteiger partial charge in [0.25, 0.3) is 0 Å². The molecule has 0 bridgehead atoms. The predicted octanol–water partition coefficient (Wildman–Crippen LogP) is 1.72. The number of aromatic nitrogens is 2. The molecule has 0 atom stereocenters. The summed E-state index contributed by atoms with van der Waals surface area (Å²) in [6.07, 6.45) is 3.66. The second-order valence-electron chi connectivity index (χ2n) is 3.88. The Morgan fingerprint density at radius 1 is 1.50 bits per heavy atom. The molecule has 0 spiro atoms. The number of rotatable bonds is 4. The van der Waals surface area contributed by atoms with Crippen molar-refractivity contribution in [1.29, 1.82) is 5.26 Å². The van der Waals surface area contributed by atoms with E-state index in [1.165, 1.54) is 0 Å². The topological polar surface area (TPSA) is 76.9 Å². The minimum Gasteiger partial charge on any atom is -0.490 e. The zero-order valence-corrected chi connectivity index (χ0v) is 10.1. The second-order valence-corrected chi connectivity index (χ2v) is 3.88. The quantitative estimate of drug-likeness (QED) is 0.828. The van der Waals surface area contributed by atoms with Gasteiger partial charge in [0.1, 0.15) is 18.2 Å². The molecule has 1 heterocycles. The van der Waals surface area contributed by atoms with Crippen LogP contribution in [0.25, 0.3) is 0 Å². The minimum atomic E-state index is 0.483. The molecule has 92 valence electrons. The van der Waals surface area contributed by atoms with E-state index >= 15 is 0 Å². The summed E-state index contributed by atoms with van der Waals surface area (Å²) >= 11 is 0. The lowest BCUT2D eigenvalue weighted by Gasteiger charge is -2.10. The molecule has 5 nitrogen and oxygen atoms in total. The van der Waals surface area contributed by atoms with Gasteiger partial charge < -0.3 is 15.0 Å². The van der Waals surface area contributed by atoms with Gasteiger partial charge in [0.2, 0.25) is 0 Å². The van der Waals surface area contributed by atoms with Crippen LogP contribution in [0, 0.1) is 18.3 Å². The molecule has 2 N–H and O–H groups in total. The average Bonchev–Trinajstić information content (AvgIpc) is 2.77. The van der Waals surface area contributed by atoms with Crippen molar-refractivity contribution in [2.75, 3.05) is 12.3 Å². The third kappa shape index (κ3) is 2.61. The summed E-state index contributed by atoms with van der Waals surface area (Å²) in [5.74, 6) is 1.55. The van der Waals surface area contributed by atoms with E-state index in [0.29, 0.717) is 30.2 Å². The number of nitrogens with zero attached hydrogens (tertiary/aromatic N) is 3. The van der Waals surface area contributed by atoms with E-state index < -0.39 is 0 Å². The number of imidazole rings is 1. The van der Waals surface area contributed by atoms with E-state index in [0.717, 1.165) is 5.82 Å². The predicted molar refractivity (Wildman–Crippen MR) is 68.0 cm³/mol. The second kappa shape index (κ2) is 5.23. The van der Waals surface area contributed by atoms with Crippen molar-refractivity contribution in [3.8, 4) is 11.8 Å². The van der Waals surface area contributed by atoms with Crippen LogP contribution < -0.4 is 10.5 Å². The third-order valence-corrected chi connectivity index (χ3v) is 2.65. The first-order valence-electron chi connectivity index (χ1n) is 5.61. The van der Waals surface area contributed by atoms with Crippen LogP contribution in [0.5, 0.6) is 5.75 Å². The van der Waals surface area contributed by atoms with Gasteiger partial charge in [0.15, 0.2) is 0 Å². The summed E-state index contributed by atoms with van der Waals surface area (Å²) in [5, 5.41) is 8.73. The van der Waals surface area contributed by atoms with Gasteiger partial charge >= 0.3 is 0 Å². The van der Waals surface area contributed by atoms with E-state index in [1.807, 2.05) is 23.8 Å². The van der Waals surface area contributed by atoms with Gasteiger partial charge in [-0.05, 0) is 25.1 Å². The summed E-state index contributed by atoms with van der Waals surface area (Å²) in [4.78, 5) is 4.13. The molecule has 1 aromatic carbocycles. The Balaban J connectivity index is 1.95. The summed E-state index contributed by atoms with van der Waals surface area (Å²) < 4.78 is 7.58. The van der Waals surface area contributed by atoms with Crippen molar-refractivity contribution in [3.63, 3.8) is 0 Å². The first kappa shape index (κ1) is 12.0. The van der Waals surface area contributed by atoms with Crippen molar-refractivity contribution in [3.05, 3.63) is 42.0 Å². The summed E-state index contributed by atoms with van der Waals surface area (Å²) in [6.45, 7) is 3.16. The fourth-order valence-electron chi connectivity index (χ4n) is 1.64. The van der Waals surface area contributed by atoms with E-state index in [4.69, 9.17) is 15.7 Å². The fourth-order valence-corrected chi connectivity index (χ4v) is 1.64. The van der Waals surface area contributed by atoms with Crippen LogP contribution in [0.3, 0.4) is 0 Å². The highest BCUT2D eigenvalue weighted by Crippen LogP contribution is 2.22. The molecule has 0 aliphatic heterocycles. The minimum absolute atomic E-state index is 0.483. The molecule has 0 aliphatic rings. The zero-order chi connectivity index (χ0) is 13.0. The van der Waals surface area contributed by atoms with Crippen LogP contribution in [0.4, 0.5) is 5.69 Å². The molecule has 18 heavy (non-hydrogen) atoms. The molecule has 5 heteroatoms. The number of ether oxygens (including phenoxy) is 1. The maximum atomic E-state index is 8.73. The number of nitriles is 1. The Morgan fingerprint density at radius 3 is 2.94 bits per heavy atom. The highest BCUT2D eigenvalue weighted by atomic mass is 16.5. The average molecular weight is 242 g/mol. The number of nitrogens with two attached hydrogens (primary N) is 1. The fraction of sp³-hybridized carbons (Fsp3) is 0.231. The Morgan fingerprint density at radius 2 is 2.33 bits per heavy atom. The third-order valence-electron chi connectivity index (χ3n) is 2.65. The SMILES string of the molecule is Cc1nccn1CCOc1ccc(C#N)cc1N. The molecule has 2 rings (SSSR count). The van der Waals surface area contributed by atoms with Crippen molar-refractivity contribution < 1.29 is 4.74 Å². The van der Waals surface area contributed by atoms with Crippen LogP contribution in [-0.4, -0.2) is 16.2 Å². The van der Waals surface area contributed by atoms with Gasteiger partial charge in [-0.2, -0.15) is 5.26 Å². The summed E-state index contributed by atoms with van der Waals surface area (Å²) in [6, 6.07) is 7.05. The zero-order valence-electron chi connectivity index (χ0n) is 10.1. The van der Waals surface area contributed by atoms with Gasteiger partial charge in [-0.1, -0.05) is 0 Å². The van der Waals surface area contributed by atoms with Gasteiger partial charge in [-0.3, -0.25) is 0 Å². The molecular weight excluding hydrogens is 228 g/mol. The van der Waals surface area contributed by atoms with E-state index in [-0.39, 0.29) is 0 Å². The molecule has 0 saturated carbocycles. The smallest absolute Gasteiger partial charge is 0.142 e. The highest BCUT2D eigenvalue weighted by molar-refractivity contribution is 5.56. The number of aryl methyl sites for hydroxylation is 1. The molecule has 0 unspecified atom stereocenters. The van der Waals surface area contributed by atoms with Gasteiger partial charge in [-0.25, -0.2) is 4.98 Å². The number of hydrogen-bond acceptors (Lipinski definition) is 4. The summed E-state index contributed by atoms with van der Waals surface area (Å²) in [5.41, 5.74) is 6.81. The number of benzene rings is 1. The molecule has 2 aromatic rings. The van der Waals surface area contributed by atoms with Crippen LogP contribution in [0.2, 0.25) is 0 Å². The van der Waals surface area contributed by atoms with E-state index in [1.54, 1.807) is 24.4 Å². The van der Waals surface area contributed by atoms with Crippen molar-refractivity contribution >= 4 is 5.69 Å². The summed E-state index contributed by atoms with van der Waals surface area (Å²) in [7, 11) is 0. The lowest BCUT2D eigenvalue weighted by Crippen LogP contribution is -2.09. The van der Waals surface area contributed by atoms with Crippen molar-refractivity contribution in [1.82, 2.24) is 9.55 Å². The standard InChI is InChI=1S/C13H14N4O/c1-10-16-4-5-17(10)6-7-18-13-3-2-11(9-14)8-12(13)15/h2-5,8H,6-7,15H2,1H3. The first-order chi connectivity index (χ1) is 8.70. The molecule has 0 amide bonds. The maximum Gasteiger partial charge on any atom is 0.142 e. The number of nitrogen functional groups attached to an aromatic ring is 1. The number of anilines is 1. The van der Waals surface area contributed by atoms with Crippen LogP contribution in [0.1, 0.15) is 11.4 Å². The Bertz CT molecular complexity index is 583. The Labute approximate surface area is 105 Å². The van der Waals surface area contributed by atoms with Gasteiger partial charge in [0, 0.05) is 12.4 Å². The van der Waals surface area contributed by atoms with Crippen molar-refractivity contribution in [2.24, 2.45) is 0 Å². The van der Waals surface area contributed by atoms with Crippen LogP contribution in [0.15, 0.2) is 30.6 Å². The maximum absolute atomic E-state index is 8.73. The highest BCUT2D eigenvalue weighted by Gasteiger charge is 2.02. The number of hydrogen-bond donors (Lipinski definition) is 1. The lowest BCUT2D eigenvalue weighted by molar-refractivity contribution is 0.298. The molecular formula is C13H14N4O. The van der Waals surface area contributed by atoms with Crippen molar-refractivity contribution in [2.45, 2.75) is 13.5 Å². The lowest BCUT2D eigenvalue weighted by atomic mass is 10.2. The molecule has 1 aromatic heterocycles. The molecule has 0 radical (unpaired) electrons. The monoisotopic (exact) mass is 242 g/mol. The molecule has 0 fully saturated rings. The van der Waals surface area contributed by atoms with Crippen LogP contribution in [-0.2, 0) is 6.54 Å². The molecule has 0 saturated heterocycles. The van der Waals surface area contributed by atoms with E-state index in [2.05, 4.69) is 4.98 Å². The normalized spacial score (nSPS) is 10.0. The molecule has 0 aliphatic carbocycles. The van der Waals surface area contributed by atoms with Gasteiger partial charge in [-0.15, -0.1) is 0 Å². The first-order valence-corrected chi connectivity index (χ1v) is 5.61. The van der Waals surface area contributed by atoms with E-state index in [9.17, 15) is 0 Å². The Kier molecular flexibility index (Phi) is 3.49.